The number of carbonyl (C=O) groups is 1. The maximum absolute atomic E-state index is 12.0. The summed E-state index contributed by atoms with van der Waals surface area (Å²) in [6.45, 7) is 14.6. The molecule has 0 bridgehead atoms. The molecule has 4 aromatic rings. The van der Waals surface area contributed by atoms with Gasteiger partial charge in [-0.25, -0.2) is 4.79 Å². The first-order valence-electron chi connectivity index (χ1n) is 12.3. The van der Waals surface area contributed by atoms with E-state index in [9.17, 15) is 4.79 Å². The maximum Gasteiger partial charge on any atom is 0.338 e. The molecule has 0 unspecified atom stereocenters. The number of nitrogens with zero attached hydrogens (tertiary/aromatic N) is 1. The lowest BCUT2D eigenvalue weighted by molar-refractivity contribution is -0.136. The molecular formula is C33H33NO2. The van der Waals surface area contributed by atoms with Crippen LogP contribution in [0.5, 0.6) is 0 Å². The number of ether oxygens (including phenoxy) is 1. The van der Waals surface area contributed by atoms with Crippen molar-refractivity contribution in [2.75, 3.05) is 11.5 Å². The number of hydrogen-bond donors (Lipinski definition) is 0. The molecule has 0 amide bonds. The summed E-state index contributed by atoms with van der Waals surface area (Å²) < 4.78 is 5.07. The van der Waals surface area contributed by atoms with E-state index in [4.69, 9.17) is 4.74 Å². The fourth-order valence-electron chi connectivity index (χ4n) is 4.63. The monoisotopic (exact) mass is 475 g/mol. The van der Waals surface area contributed by atoms with Crippen molar-refractivity contribution in [2.45, 2.75) is 34.6 Å². The summed E-state index contributed by atoms with van der Waals surface area (Å²) in [6, 6.07) is 29.6. The molecule has 4 rings (SSSR count). The number of esters is 1. The average molecular weight is 476 g/mol. The van der Waals surface area contributed by atoms with Crippen LogP contribution in [0.4, 0.5) is 17.1 Å². The highest BCUT2D eigenvalue weighted by Gasteiger charge is 2.17. The largest absolute Gasteiger partial charge is 0.462 e. The van der Waals surface area contributed by atoms with Gasteiger partial charge in [-0.1, -0.05) is 78.4 Å². The highest BCUT2D eigenvalue weighted by Crippen LogP contribution is 2.39. The van der Waals surface area contributed by atoms with Gasteiger partial charge in [-0.15, -0.1) is 0 Å². The van der Waals surface area contributed by atoms with E-state index < -0.39 is 0 Å². The Morgan fingerprint density at radius 2 is 1.19 bits per heavy atom. The Labute approximate surface area is 214 Å². The van der Waals surface area contributed by atoms with Gasteiger partial charge in [0, 0.05) is 11.4 Å². The van der Waals surface area contributed by atoms with Gasteiger partial charge in [-0.2, -0.15) is 0 Å². The summed E-state index contributed by atoms with van der Waals surface area (Å²) in [5.41, 5.74) is 11.8. The standard InChI is InChI=1S/C33H33NO2/c1-7-36-33(35)26(6)27-10-12-28(13-11-27)29-14-18-31(19-15-29)34(30-16-8-22(2)9-17-30)32-24(4)20-23(3)21-25(32)5/h8-21H,6-7H2,1-5H3. The first-order valence-corrected chi connectivity index (χ1v) is 12.3. The first-order chi connectivity index (χ1) is 17.3. The van der Waals surface area contributed by atoms with Gasteiger partial charge in [-0.3, -0.25) is 0 Å². The van der Waals surface area contributed by atoms with Crippen LogP contribution in [0.3, 0.4) is 0 Å². The van der Waals surface area contributed by atoms with Gasteiger partial charge >= 0.3 is 5.97 Å². The van der Waals surface area contributed by atoms with Crippen LogP contribution in [-0.2, 0) is 9.53 Å². The van der Waals surface area contributed by atoms with Crippen molar-refractivity contribution in [3.63, 3.8) is 0 Å². The van der Waals surface area contributed by atoms with Gasteiger partial charge in [0.2, 0.25) is 0 Å². The van der Waals surface area contributed by atoms with Crippen molar-refractivity contribution >= 4 is 28.6 Å². The molecule has 3 heteroatoms. The molecule has 4 aromatic carbocycles. The smallest absolute Gasteiger partial charge is 0.338 e. The number of rotatable bonds is 7. The molecule has 36 heavy (non-hydrogen) atoms. The van der Waals surface area contributed by atoms with Crippen LogP contribution in [0.2, 0.25) is 0 Å². The second-order valence-corrected chi connectivity index (χ2v) is 9.24. The number of anilines is 3. The Balaban J connectivity index is 1.69. The minimum absolute atomic E-state index is 0.337. The third kappa shape index (κ3) is 5.26. The summed E-state index contributed by atoms with van der Waals surface area (Å²) in [7, 11) is 0. The summed E-state index contributed by atoms with van der Waals surface area (Å²) in [6.07, 6.45) is 0. The molecule has 0 aliphatic heterocycles. The minimum atomic E-state index is -0.382. The van der Waals surface area contributed by atoms with Crippen LogP contribution in [0.15, 0.2) is 91.5 Å². The van der Waals surface area contributed by atoms with Crippen LogP contribution >= 0.6 is 0 Å². The number of hydrogen-bond acceptors (Lipinski definition) is 3. The topological polar surface area (TPSA) is 29.5 Å². The summed E-state index contributed by atoms with van der Waals surface area (Å²) in [4.78, 5) is 14.3. The first kappa shape index (κ1) is 25.0. The Morgan fingerprint density at radius 1 is 0.722 bits per heavy atom. The van der Waals surface area contributed by atoms with Crippen LogP contribution in [0.1, 0.15) is 34.7 Å². The molecule has 0 saturated heterocycles. The van der Waals surface area contributed by atoms with Gasteiger partial charge in [0.15, 0.2) is 0 Å². The van der Waals surface area contributed by atoms with Crippen molar-refractivity contribution in [3.8, 4) is 11.1 Å². The lowest BCUT2D eigenvalue weighted by Gasteiger charge is -2.29. The molecule has 0 radical (unpaired) electrons. The van der Waals surface area contributed by atoms with E-state index >= 15 is 0 Å². The average Bonchev–Trinajstić information content (AvgIpc) is 2.87. The molecule has 3 nitrogen and oxygen atoms in total. The summed E-state index contributed by atoms with van der Waals surface area (Å²) in [5, 5.41) is 0. The van der Waals surface area contributed by atoms with E-state index in [0.717, 1.165) is 28.1 Å². The van der Waals surface area contributed by atoms with Crippen molar-refractivity contribution in [1.82, 2.24) is 0 Å². The second kappa shape index (κ2) is 10.7. The van der Waals surface area contributed by atoms with Gasteiger partial charge < -0.3 is 9.64 Å². The van der Waals surface area contributed by atoms with Gasteiger partial charge in [0.1, 0.15) is 0 Å². The molecule has 0 aliphatic rings. The summed E-state index contributed by atoms with van der Waals surface area (Å²) in [5.74, 6) is -0.382. The van der Waals surface area contributed by atoms with Gasteiger partial charge in [-0.05, 0) is 86.7 Å². The quantitative estimate of drug-likeness (QED) is 0.198. The Bertz CT molecular complexity index is 1360. The third-order valence-corrected chi connectivity index (χ3v) is 6.37. The fourth-order valence-corrected chi connectivity index (χ4v) is 4.63. The van der Waals surface area contributed by atoms with Crippen molar-refractivity contribution in [2.24, 2.45) is 0 Å². The predicted molar refractivity (Wildman–Crippen MR) is 151 cm³/mol. The zero-order valence-corrected chi connectivity index (χ0v) is 21.8. The fraction of sp³-hybridized carbons (Fsp3) is 0.182. The van der Waals surface area contributed by atoms with Crippen molar-refractivity contribution < 1.29 is 9.53 Å². The number of carbonyl (C=O) groups excluding carboxylic acids is 1. The highest BCUT2D eigenvalue weighted by atomic mass is 16.5. The second-order valence-electron chi connectivity index (χ2n) is 9.24. The van der Waals surface area contributed by atoms with E-state index in [-0.39, 0.29) is 5.97 Å². The lowest BCUT2D eigenvalue weighted by atomic mass is 9.99. The predicted octanol–water partition coefficient (Wildman–Crippen LogP) is 8.63. The Hall–Kier alpha value is -4.11. The SMILES string of the molecule is C=C(C(=O)OCC)c1ccc(-c2ccc(N(c3ccc(C)cc3)c3c(C)cc(C)cc3C)cc2)cc1. The van der Waals surface area contributed by atoms with Crippen molar-refractivity contribution in [1.29, 1.82) is 0 Å². The molecule has 0 aliphatic carbocycles. The Morgan fingerprint density at radius 3 is 1.69 bits per heavy atom. The maximum atomic E-state index is 12.0. The molecule has 0 fully saturated rings. The van der Waals surface area contributed by atoms with E-state index in [2.05, 4.69) is 99.8 Å². The van der Waals surface area contributed by atoms with Crippen molar-refractivity contribution in [3.05, 3.63) is 119 Å². The normalized spacial score (nSPS) is 10.7. The molecule has 0 heterocycles. The zero-order valence-electron chi connectivity index (χ0n) is 21.8. The van der Waals surface area contributed by atoms with Gasteiger partial charge in [0.25, 0.3) is 0 Å². The van der Waals surface area contributed by atoms with Crippen LogP contribution < -0.4 is 4.90 Å². The summed E-state index contributed by atoms with van der Waals surface area (Å²) >= 11 is 0. The van der Waals surface area contributed by atoms with Crippen LogP contribution in [-0.4, -0.2) is 12.6 Å². The van der Waals surface area contributed by atoms with Crippen LogP contribution in [0, 0.1) is 27.7 Å². The van der Waals surface area contributed by atoms with E-state index in [1.165, 1.54) is 27.9 Å². The van der Waals surface area contributed by atoms with E-state index in [1.807, 2.05) is 24.3 Å². The molecular weight excluding hydrogens is 442 g/mol. The number of benzene rings is 4. The zero-order chi connectivity index (χ0) is 25.8. The molecule has 0 spiro atoms. The van der Waals surface area contributed by atoms with E-state index in [1.54, 1.807) is 6.92 Å². The third-order valence-electron chi connectivity index (χ3n) is 6.37. The number of aryl methyl sites for hydroxylation is 4. The van der Waals surface area contributed by atoms with Gasteiger partial charge in [0.05, 0.1) is 17.9 Å². The molecule has 182 valence electrons. The highest BCUT2D eigenvalue weighted by molar-refractivity contribution is 6.15. The van der Waals surface area contributed by atoms with Crippen LogP contribution in [0.25, 0.3) is 16.7 Å². The van der Waals surface area contributed by atoms with E-state index in [0.29, 0.717) is 12.2 Å². The lowest BCUT2D eigenvalue weighted by Crippen LogP contribution is -2.13. The molecule has 0 aromatic heterocycles. The minimum Gasteiger partial charge on any atom is -0.462 e. The Kier molecular flexibility index (Phi) is 7.40. The molecule has 0 N–H and O–H groups in total. The molecule has 0 saturated carbocycles. The molecule has 0 atom stereocenters.